The predicted molar refractivity (Wildman–Crippen MR) is 64.8 cm³/mol. The van der Waals surface area contributed by atoms with E-state index < -0.39 is 5.97 Å². The fourth-order valence-corrected chi connectivity index (χ4v) is 2.08. The number of aliphatic carboxylic acids is 1. The average Bonchev–Trinajstić information content (AvgIpc) is 2.68. The summed E-state index contributed by atoms with van der Waals surface area (Å²) in [6, 6.07) is 6.01. The molecule has 0 fully saturated rings. The Balaban J connectivity index is 2.28. The summed E-state index contributed by atoms with van der Waals surface area (Å²) in [4.78, 5) is 10.5. The van der Waals surface area contributed by atoms with Crippen LogP contribution in [0.5, 0.6) is 0 Å². The normalized spacial score (nSPS) is 10.6. The van der Waals surface area contributed by atoms with E-state index in [0.29, 0.717) is 16.5 Å². The molecule has 2 aromatic rings. The highest BCUT2D eigenvalue weighted by Gasteiger charge is 2.12. The molecule has 0 amide bonds. The third kappa shape index (κ3) is 2.67. The molecule has 0 saturated heterocycles. The Bertz CT molecular complexity index is 585. The SMILES string of the molecule is Cn1c(SCC(=O)O)nnc1-c1cccc(F)c1. The van der Waals surface area contributed by atoms with Crippen LogP contribution in [-0.2, 0) is 11.8 Å². The lowest BCUT2D eigenvalue weighted by Gasteiger charge is -2.02. The lowest BCUT2D eigenvalue weighted by atomic mass is 10.2. The van der Waals surface area contributed by atoms with Gasteiger partial charge in [0.15, 0.2) is 11.0 Å². The average molecular weight is 267 g/mol. The first kappa shape index (κ1) is 12.6. The molecule has 1 N–H and O–H groups in total. The highest BCUT2D eigenvalue weighted by Crippen LogP contribution is 2.22. The molecule has 2 rings (SSSR count). The van der Waals surface area contributed by atoms with Crippen molar-refractivity contribution in [1.82, 2.24) is 14.8 Å². The predicted octanol–water partition coefficient (Wildman–Crippen LogP) is 1.80. The first-order valence-electron chi connectivity index (χ1n) is 5.08. The van der Waals surface area contributed by atoms with E-state index in [1.807, 2.05) is 0 Å². The Kier molecular flexibility index (Phi) is 3.61. The fraction of sp³-hybridized carbons (Fsp3) is 0.182. The van der Waals surface area contributed by atoms with Gasteiger partial charge in [0.25, 0.3) is 0 Å². The molecule has 0 bridgehead atoms. The number of carbonyl (C=O) groups is 1. The maximum atomic E-state index is 13.1. The molecule has 18 heavy (non-hydrogen) atoms. The first-order chi connectivity index (χ1) is 8.58. The van der Waals surface area contributed by atoms with Crippen LogP contribution in [0, 0.1) is 5.82 Å². The molecule has 0 radical (unpaired) electrons. The van der Waals surface area contributed by atoms with Crippen molar-refractivity contribution in [3.05, 3.63) is 30.1 Å². The zero-order chi connectivity index (χ0) is 13.1. The molecule has 0 spiro atoms. The van der Waals surface area contributed by atoms with E-state index in [-0.39, 0.29) is 11.6 Å². The van der Waals surface area contributed by atoms with Crippen LogP contribution in [0.15, 0.2) is 29.4 Å². The second-order valence-corrected chi connectivity index (χ2v) is 4.50. The van der Waals surface area contributed by atoms with Crippen molar-refractivity contribution in [2.75, 3.05) is 5.75 Å². The van der Waals surface area contributed by atoms with E-state index in [4.69, 9.17) is 5.11 Å². The molecule has 0 aliphatic rings. The molecule has 7 heteroatoms. The molecule has 0 unspecified atom stereocenters. The fourth-order valence-electron chi connectivity index (χ4n) is 1.45. The van der Waals surface area contributed by atoms with Gasteiger partial charge in [-0.15, -0.1) is 10.2 Å². The van der Waals surface area contributed by atoms with Gasteiger partial charge in [0.2, 0.25) is 0 Å². The number of thioether (sulfide) groups is 1. The second kappa shape index (κ2) is 5.18. The van der Waals surface area contributed by atoms with Gasteiger partial charge in [-0.1, -0.05) is 23.9 Å². The highest BCUT2D eigenvalue weighted by molar-refractivity contribution is 7.99. The molecule has 1 heterocycles. The smallest absolute Gasteiger partial charge is 0.313 e. The summed E-state index contributed by atoms with van der Waals surface area (Å²) in [7, 11) is 1.71. The van der Waals surface area contributed by atoms with Gasteiger partial charge in [0.1, 0.15) is 5.82 Å². The Morgan fingerprint density at radius 2 is 2.28 bits per heavy atom. The van der Waals surface area contributed by atoms with Gasteiger partial charge in [-0.25, -0.2) is 4.39 Å². The number of aromatic nitrogens is 3. The minimum absolute atomic E-state index is 0.0882. The molecule has 0 atom stereocenters. The van der Waals surface area contributed by atoms with E-state index in [1.54, 1.807) is 23.7 Å². The number of nitrogens with zero attached hydrogens (tertiary/aromatic N) is 3. The van der Waals surface area contributed by atoms with Gasteiger partial charge < -0.3 is 9.67 Å². The maximum Gasteiger partial charge on any atom is 0.313 e. The molecule has 1 aromatic heterocycles. The van der Waals surface area contributed by atoms with Crippen molar-refractivity contribution in [1.29, 1.82) is 0 Å². The van der Waals surface area contributed by atoms with Crippen molar-refractivity contribution in [2.45, 2.75) is 5.16 Å². The van der Waals surface area contributed by atoms with Gasteiger partial charge in [-0.2, -0.15) is 0 Å². The van der Waals surface area contributed by atoms with Crippen LogP contribution in [-0.4, -0.2) is 31.6 Å². The number of hydrogen-bond donors (Lipinski definition) is 1. The van der Waals surface area contributed by atoms with Crippen LogP contribution >= 0.6 is 11.8 Å². The molecule has 0 aliphatic carbocycles. The van der Waals surface area contributed by atoms with Gasteiger partial charge in [-0.05, 0) is 12.1 Å². The standard InChI is InChI=1S/C11H10FN3O2S/c1-15-10(7-3-2-4-8(12)5-7)13-14-11(15)18-6-9(16)17/h2-5H,6H2,1H3,(H,16,17). The van der Waals surface area contributed by atoms with Crippen molar-refractivity contribution in [3.63, 3.8) is 0 Å². The summed E-state index contributed by atoms with van der Waals surface area (Å²) in [6.07, 6.45) is 0. The molecular formula is C11H10FN3O2S. The van der Waals surface area contributed by atoms with E-state index in [9.17, 15) is 9.18 Å². The summed E-state index contributed by atoms with van der Waals surface area (Å²) >= 11 is 1.07. The van der Waals surface area contributed by atoms with Crippen LogP contribution in [0.1, 0.15) is 0 Å². The highest BCUT2D eigenvalue weighted by atomic mass is 32.2. The van der Waals surface area contributed by atoms with Crippen LogP contribution in [0.2, 0.25) is 0 Å². The largest absolute Gasteiger partial charge is 0.481 e. The molecule has 1 aromatic carbocycles. The molecule has 0 aliphatic heterocycles. The topological polar surface area (TPSA) is 68.0 Å². The van der Waals surface area contributed by atoms with E-state index in [1.165, 1.54) is 12.1 Å². The van der Waals surface area contributed by atoms with Gasteiger partial charge in [0.05, 0.1) is 5.75 Å². The van der Waals surface area contributed by atoms with Crippen molar-refractivity contribution >= 4 is 17.7 Å². The van der Waals surface area contributed by atoms with Crippen molar-refractivity contribution in [3.8, 4) is 11.4 Å². The van der Waals surface area contributed by atoms with Gasteiger partial charge in [0, 0.05) is 12.6 Å². The van der Waals surface area contributed by atoms with Gasteiger partial charge >= 0.3 is 5.97 Å². The van der Waals surface area contributed by atoms with E-state index >= 15 is 0 Å². The number of rotatable bonds is 4. The van der Waals surface area contributed by atoms with E-state index in [0.717, 1.165) is 11.8 Å². The van der Waals surface area contributed by atoms with Crippen LogP contribution < -0.4 is 0 Å². The minimum Gasteiger partial charge on any atom is -0.481 e. The number of hydrogen-bond acceptors (Lipinski definition) is 4. The molecule has 94 valence electrons. The third-order valence-corrected chi connectivity index (χ3v) is 3.25. The summed E-state index contributed by atoms with van der Waals surface area (Å²) in [6.45, 7) is 0. The Hall–Kier alpha value is -1.89. The summed E-state index contributed by atoms with van der Waals surface area (Å²) in [5, 5.41) is 16.9. The number of halogens is 1. The lowest BCUT2D eigenvalue weighted by Crippen LogP contribution is -2.01. The van der Waals surface area contributed by atoms with Crippen molar-refractivity contribution < 1.29 is 14.3 Å². The zero-order valence-corrected chi connectivity index (χ0v) is 10.3. The first-order valence-corrected chi connectivity index (χ1v) is 6.06. The quantitative estimate of drug-likeness (QED) is 0.855. The summed E-state index contributed by atoms with van der Waals surface area (Å²) in [5.74, 6) is -0.859. The maximum absolute atomic E-state index is 13.1. The Morgan fingerprint density at radius 1 is 1.50 bits per heavy atom. The van der Waals surface area contributed by atoms with Crippen LogP contribution in [0.3, 0.4) is 0 Å². The van der Waals surface area contributed by atoms with Crippen LogP contribution in [0.4, 0.5) is 4.39 Å². The molecule has 5 nitrogen and oxygen atoms in total. The van der Waals surface area contributed by atoms with Crippen molar-refractivity contribution in [2.24, 2.45) is 7.05 Å². The van der Waals surface area contributed by atoms with E-state index in [2.05, 4.69) is 10.2 Å². The zero-order valence-electron chi connectivity index (χ0n) is 9.50. The Labute approximate surface area is 107 Å². The summed E-state index contributed by atoms with van der Waals surface area (Å²) in [5.41, 5.74) is 0.604. The molecular weight excluding hydrogens is 257 g/mol. The number of carboxylic acid groups (broad SMARTS) is 1. The molecule has 0 saturated carbocycles. The minimum atomic E-state index is -0.921. The summed E-state index contributed by atoms with van der Waals surface area (Å²) < 4.78 is 14.7. The third-order valence-electron chi connectivity index (χ3n) is 2.24. The van der Waals surface area contributed by atoms with Gasteiger partial charge in [-0.3, -0.25) is 4.79 Å². The Morgan fingerprint density at radius 3 is 2.94 bits per heavy atom. The number of carboxylic acids is 1. The lowest BCUT2D eigenvalue weighted by molar-refractivity contribution is -0.133. The van der Waals surface area contributed by atoms with Crippen LogP contribution in [0.25, 0.3) is 11.4 Å². The second-order valence-electron chi connectivity index (χ2n) is 3.56. The number of benzene rings is 1. The monoisotopic (exact) mass is 267 g/mol.